The zero-order valence-electron chi connectivity index (χ0n) is 18.6. The van der Waals surface area contributed by atoms with Gasteiger partial charge in [-0.25, -0.2) is 10.8 Å². The molecule has 9 nitrogen and oxygen atoms in total. The summed E-state index contributed by atoms with van der Waals surface area (Å²) in [5.41, 5.74) is 6.65. The fraction of sp³-hybridized carbons (Fsp3) is 0.429. The van der Waals surface area contributed by atoms with Crippen LogP contribution < -0.4 is 16.9 Å². The maximum atomic E-state index is 12.4. The zero-order chi connectivity index (χ0) is 24.0. The topological polar surface area (TPSA) is 125 Å². The number of nitrogens with zero attached hydrogens (tertiary/aromatic N) is 2. The van der Waals surface area contributed by atoms with E-state index in [0.29, 0.717) is 29.4 Å². The Morgan fingerprint density at radius 1 is 1.55 bits per heavy atom. The number of hydrogen-bond acceptors (Lipinski definition) is 10. The Bertz CT molecular complexity index is 962. The molecular weight excluding hydrogens is 530 g/mol. The highest BCUT2D eigenvalue weighted by Gasteiger charge is 2.36. The Kier molecular flexibility index (Phi) is 9.56. The first-order valence-electron chi connectivity index (χ1n) is 10.2. The summed E-state index contributed by atoms with van der Waals surface area (Å²) < 4.78 is 18.5. The molecule has 5 N–H and O–H groups in total. The Hall–Kier alpha value is -1.67. The number of amides is 1. The van der Waals surface area contributed by atoms with Crippen molar-refractivity contribution in [2.45, 2.75) is 35.6 Å². The van der Waals surface area contributed by atoms with Crippen molar-refractivity contribution in [3.8, 4) is 0 Å². The average Bonchev–Trinajstić information content (AvgIpc) is 3.34. The highest BCUT2D eigenvalue weighted by Crippen LogP contribution is 2.35. The fourth-order valence-corrected chi connectivity index (χ4v) is 5.41. The van der Waals surface area contributed by atoms with Crippen LogP contribution in [0.1, 0.15) is 22.3 Å². The van der Waals surface area contributed by atoms with Crippen LogP contribution in [0.25, 0.3) is 5.70 Å². The summed E-state index contributed by atoms with van der Waals surface area (Å²) in [6, 6.07) is 5.49. The highest BCUT2D eigenvalue weighted by atomic mass is 79.9. The van der Waals surface area contributed by atoms with Gasteiger partial charge in [-0.3, -0.25) is 4.79 Å². The smallest absolute Gasteiger partial charge is 0.252 e. The van der Waals surface area contributed by atoms with Crippen LogP contribution in [0.15, 0.2) is 45.3 Å². The molecular formula is C21H28BrN5O4S2. The molecule has 0 spiro atoms. The zero-order valence-corrected chi connectivity index (χ0v) is 21.8. The molecule has 33 heavy (non-hydrogen) atoms. The Morgan fingerprint density at radius 3 is 2.91 bits per heavy atom. The van der Waals surface area contributed by atoms with E-state index in [0.717, 1.165) is 9.37 Å². The molecule has 0 saturated carbocycles. The largest absolute Gasteiger partial charge is 0.395 e. The van der Waals surface area contributed by atoms with Crippen molar-refractivity contribution in [3.05, 3.63) is 51.0 Å². The number of ether oxygens (including phenoxy) is 3. The van der Waals surface area contributed by atoms with Crippen LogP contribution in [0.4, 0.5) is 0 Å². The molecule has 1 aliphatic rings. The van der Waals surface area contributed by atoms with Crippen molar-refractivity contribution < 1.29 is 19.0 Å². The number of nitrogens with two attached hydrogens (primary N) is 2. The molecule has 2 aromatic rings. The number of benzene rings is 1. The van der Waals surface area contributed by atoms with Crippen molar-refractivity contribution >= 4 is 50.6 Å². The Balaban J connectivity index is 1.82. The van der Waals surface area contributed by atoms with Gasteiger partial charge in [0.25, 0.3) is 5.91 Å². The van der Waals surface area contributed by atoms with Crippen LogP contribution in [0.5, 0.6) is 0 Å². The number of halogens is 1. The van der Waals surface area contributed by atoms with Gasteiger partial charge in [0.05, 0.1) is 30.5 Å². The van der Waals surface area contributed by atoms with Gasteiger partial charge in [-0.1, -0.05) is 27.7 Å². The maximum Gasteiger partial charge on any atom is 0.252 e. The van der Waals surface area contributed by atoms with Crippen molar-refractivity contribution in [1.82, 2.24) is 15.3 Å². The van der Waals surface area contributed by atoms with Crippen molar-refractivity contribution in [3.63, 3.8) is 0 Å². The van der Waals surface area contributed by atoms with Crippen LogP contribution in [0, 0.1) is 0 Å². The number of methoxy groups -OCH3 is 1. The van der Waals surface area contributed by atoms with E-state index < -0.39 is 11.5 Å². The number of nitrogens with one attached hydrogen (secondary N) is 1. The second-order valence-corrected chi connectivity index (χ2v) is 10.3. The van der Waals surface area contributed by atoms with Crippen molar-refractivity contribution in [2.75, 3.05) is 27.3 Å². The molecule has 0 aliphatic carbocycles. The quantitative estimate of drug-likeness (QED) is 0.165. The van der Waals surface area contributed by atoms with Gasteiger partial charge in [0.2, 0.25) is 0 Å². The first kappa shape index (κ1) is 25.9. The molecule has 2 heterocycles. The minimum Gasteiger partial charge on any atom is -0.395 e. The van der Waals surface area contributed by atoms with E-state index >= 15 is 0 Å². The lowest BCUT2D eigenvalue weighted by Crippen LogP contribution is -2.50. The standard InChI is InChI=1S/C21H28BrN5O4S2/c1-12-17(11-30-12)31-21(33-18-8-13(22)4-5-14(18)19(28)25-2)16(29-3)10-27(24)9-15(23)20-26-6-7-32-20/h4-9,12,16-17,21H,10-11,23-24H2,1-3H3,(H,25,28)/b15-9-/t12?,16-,17?,21?/m0/s1. The molecule has 3 unspecified atom stereocenters. The van der Waals surface area contributed by atoms with Gasteiger partial charge in [0, 0.05) is 41.3 Å². The third-order valence-electron chi connectivity index (χ3n) is 5.00. The van der Waals surface area contributed by atoms with Crippen LogP contribution in [-0.4, -0.2) is 67.0 Å². The molecule has 0 radical (unpaired) electrons. The van der Waals surface area contributed by atoms with E-state index in [1.54, 1.807) is 32.6 Å². The number of thiazole rings is 1. The van der Waals surface area contributed by atoms with E-state index in [4.69, 9.17) is 25.8 Å². The second-order valence-electron chi connectivity index (χ2n) is 7.31. The van der Waals surface area contributed by atoms with Crippen molar-refractivity contribution in [1.29, 1.82) is 0 Å². The molecule has 0 bridgehead atoms. The van der Waals surface area contributed by atoms with E-state index in [1.165, 1.54) is 28.1 Å². The summed E-state index contributed by atoms with van der Waals surface area (Å²) in [5.74, 6) is 6.05. The third kappa shape index (κ3) is 6.92. The number of hydrazine groups is 1. The molecule has 1 aromatic carbocycles. The van der Waals surface area contributed by atoms with E-state index in [1.807, 2.05) is 24.4 Å². The summed E-state index contributed by atoms with van der Waals surface area (Å²) in [4.78, 5) is 17.4. The summed E-state index contributed by atoms with van der Waals surface area (Å²) in [6.45, 7) is 2.75. The normalized spacial score (nSPS) is 20.1. The summed E-state index contributed by atoms with van der Waals surface area (Å²) in [5, 5.41) is 6.67. The fourth-order valence-electron chi connectivity index (χ4n) is 3.05. The van der Waals surface area contributed by atoms with Crippen LogP contribution in [-0.2, 0) is 14.2 Å². The van der Waals surface area contributed by atoms with Gasteiger partial charge in [-0.2, -0.15) is 0 Å². The molecule has 1 aromatic heterocycles. The third-order valence-corrected chi connectivity index (χ3v) is 7.55. The minimum absolute atomic E-state index is 0.0269. The van der Waals surface area contributed by atoms with Gasteiger partial charge >= 0.3 is 0 Å². The maximum absolute atomic E-state index is 12.4. The number of thioether (sulfide) groups is 1. The Morgan fingerprint density at radius 2 is 2.33 bits per heavy atom. The van der Waals surface area contributed by atoms with Crippen LogP contribution >= 0.6 is 39.0 Å². The average molecular weight is 559 g/mol. The number of aromatic nitrogens is 1. The summed E-state index contributed by atoms with van der Waals surface area (Å²) in [7, 11) is 3.20. The number of rotatable bonds is 11. The molecule has 180 valence electrons. The number of hydrogen-bond donors (Lipinski definition) is 3. The summed E-state index contributed by atoms with van der Waals surface area (Å²) in [6.07, 6.45) is 2.75. The van der Waals surface area contributed by atoms with Gasteiger partial charge in [-0.15, -0.1) is 11.3 Å². The number of carbonyl (C=O) groups is 1. The number of carbonyl (C=O) groups excluding carboxylic acids is 1. The molecule has 1 fully saturated rings. The lowest BCUT2D eigenvalue weighted by Gasteiger charge is -2.39. The SMILES string of the molecule is CNC(=O)c1ccc(Br)cc1SC(OC1COC1C)[C@H](CN(N)/C=C(\N)c1nccs1)OC. The lowest BCUT2D eigenvalue weighted by atomic mass is 10.1. The molecule has 1 aliphatic heterocycles. The van der Waals surface area contributed by atoms with E-state index in [9.17, 15) is 4.79 Å². The van der Waals surface area contributed by atoms with Gasteiger partial charge in [-0.05, 0) is 25.1 Å². The first-order valence-corrected chi connectivity index (χ1v) is 12.7. The predicted molar refractivity (Wildman–Crippen MR) is 133 cm³/mol. The van der Waals surface area contributed by atoms with Crippen molar-refractivity contribution in [2.24, 2.45) is 11.6 Å². The lowest BCUT2D eigenvalue weighted by molar-refractivity contribution is -0.198. The second kappa shape index (κ2) is 12.2. The Labute approximate surface area is 209 Å². The highest BCUT2D eigenvalue weighted by molar-refractivity contribution is 9.10. The van der Waals surface area contributed by atoms with E-state index in [-0.39, 0.29) is 18.1 Å². The predicted octanol–water partition coefficient (Wildman–Crippen LogP) is 2.64. The van der Waals surface area contributed by atoms with Gasteiger partial charge in [0.15, 0.2) is 0 Å². The monoisotopic (exact) mass is 557 g/mol. The molecule has 1 amide bonds. The van der Waals surface area contributed by atoms with Gasteiger partial charge in [0.1, 0.15) is 22.7 Å². The van der Waals surface area contributed by atoms with Crippen LogP contribution in [0.2, 0.25) is 0 Å². The molecule has 1 saturated heterocycles. The van der Waals surface area contributed by atoms with Gasteiger partial charge < -0.3 is 30.3 Å². The minimum atomic E-state index is -0.468. The molecule has 3 rings (SSSR count). The van der Waals surface area contributed by atoms with Crippen LogP contribution in [0.3, 0.4) is 0 Å². The van der Waals surface area contributed by atoms with E-state index in [2.05, 4.69) is 26.2 Å². The molecule has 12 heteroatoms. The first-order chi connectivity index (χ1) is 15.8. The molecule has 4 atom stereocenters. The summed E-state index contributed by atoms with van der Waals surface area (Å²) >= 11 is 6.33.